The molecule has 0 amide bonds. The van der Waals surface area contributed by atoms with Crippen molar-refractivity contribution in [2.75, 3.05) is 52.5 Å². The lowest BCUT2D eigenvalue weighted by atomic mass is 10.2. The Morgan fingerprint density at radius 3 is 1.79 bits per heavy atom. The molecule has 0 aliphatic carbocycles. The number of hydrogen-bond acceptors (Lipinski definition) is 3. The van der Waals surface area contributed by atoms with Gasteiger partial charge in [0.25, 0.3) is 0 Å². The SMILES string of the molecule is O=P([C@H](c1ccc(F)cc1)N1CCOCC1)(N1CCCCC1)N1CCCCC1. The molecule has 0 spiro atoms. The van der Waals surface area contributed by atoms with Crippen LogP contribution in [-0.2, 0) is 9.30 Å². The predicted octanol–water partition coefficient (Wildman–Crippen LogP) is 4.32. The first-order chi connectivity index (χ1) is 13.7. The van der Waals surface area contributed by atoms with Crippen LogP contribution in [0.15, 0.2) is 24.3 Å². The zero-order valence-electron chi connectivity index (χ0n) is 16.8. The van der Waals surface area contributed by atoms with Crippen LogP contribution in [0, 0.1) is 5.82 Å². The molecule has 3 aliphatic heterocycles. The molecule has 0 aromatic heterocycles. The summed E-state index contributed by atoms with van der Waals surface area (Å²) in [6.45, 7) is 6.47. The highest BCUT2D eigenvalue weighted by molar-refractivity contribution is 7.59. The first-order valence-electron chi connectivity index (χ1n) is 10.9. The van der Waals surface area contributed by atoms with Crippen molar-refractivity contribution < 1.29 is 13.7 Å². The monoisotopic (exact) mass is 409 g/mol. The predicted molar refractivity (Wildman–Crippen MR) is 110 cm³/mol. The molecule has 156 valence electrons. The average Bonchev–Trinajstić information content (AvgIpc) is 2.77. The number of ether oxygens (including phenoxy) is 1. The molecule has 3 fully saturated rings. The summed E-state index contributed by atoms with van der Waals surface area (Å²) in [5.41, 5.74) is 0.975. The van der Waals surface area contributed by atoms with E-state index in [1.165, 1.54) is 25.0 Å². The maximum absolute atomic E-state index is 15.1. The number of halogens is 1. The minimum atomic E-state index is -2.87. The number of benzene rings is 1. The Morgan fingerprint density at radius 2 is 1.29 bits per heavy atom. The summed E-state index contributed by atoms with van der Waals surface area (Å²) in [5, 5.41) is 0. The molecule has 0 saturated carbocycles. The van der Waals surface area contributed by atoms with E-state index in [1.807, 2.05) is 12.1 Å². The summed E-state index contributed by atoms with van der Waals surface area (Å²) in [6, 6.07) is 6.71. The zero-order valence-corrected chi connectivity index (χ0v) is 17.7. The second-order valence-electron chi connectivity index (χ2n) is 8.19. The highest BCUT2D eigenvalue weighted by atomic mass is 31.2. The van der Waals surface area contributed by atoms with E-state index < -0.39 is 7.44 Å². The van der Waals surface area contributed by atoms with Gasteiger partial charge in [-0.05, 0) is 43.4 Å². The summed E-state index contributed by atoms with van der Waals surface area (Å²) in [6.07, 6.45) is 6.87. The Hall–Kier alpha value is -0.780. The third-order valence-electron chi connectivity index (χ3n) is 6.35. The fraction of sp³-hybridized carbons (Fsp3) is 0.714. The van der Waals surface area contributed by atoms with E-state index in [2.05, 4.69) is 14.2 Å². The van der Waals surface area contributed by atoms with Crippen LogP contribution in [0.25, 0.3) is 0 Å². The molecule has 4 rings (SSSR count). The van der Waals surface area contributed by atoms with Crippen molar-refractivity contribution in [3.8, 4) is 0 Å². The van der Waals surface area contributed by atoms with Crippen molar-refractivity contribution in [3.63, 3.8) is 0 Å². The van der Waals surface area contributed by atoms with Gasteiger partial charge in [-0.3, -0.25) is 9.46 Å². The molecule has 1 aromatic rings. The maximum atomic E-state index is 15.1. The van der Waals surface area contributed by atoms with E-state index in [-0.39, 0.29) is 11.6 Å². The fourth-order valence-electron chi connectivity index (χ4n) is 4.89. The molecule has 0 unspecified atom stereocenters. The van der Waals surface area contributed by atoms with Gasteiger partial charge in [0.2, 0.25) is 7.44 Å². The lowest BCUT2D eigenvalue weighted by molar-refractivity contribution is 0.0273. The number of hydrogen-bond donors (Lipinski definition) is 0. The Morgan fingerprint density at radius 1 is 0.786 bits per heavy atom. The summed E-state index contributed by atoms with van der Waals surface area (Å²) in [5.74, 6) is -0.455. The van der Waals surface area contributed by atoms with Crippen molar-refractivity contribution in [1.82, 2.24) is 14.2 Å². The molecule has 7 heteroatoms. The molecule has 28 heavy (non-hydrogen) atoms. The van der Waals surface area contributed by atoms with Gasteiger partial charge >= 0.3 is 0 Å². The van der Waals surface area contributed by atoms with E-state index in [0.717, 1.165) is 70.5 Å². The van der Waals surface area contributed by atoms with Crippen molar-refractivity contribution >= 4 is 7.44 Å². The van der Waals surface area contributed by atoms with Crippen LogP contribution in [0.3, 0.4) is 0 Å². The Bertz CT molecular complexity index is 647. The lowest BCUT2D eigenvalue weighted by Gasteiger charge is -2.49. The molecule has 3 aliphatic rings. The third-order valence-corrected chi connectivity index (χ3v) is 10.0. The first-order valence-corrected chi connectivity index (χ1v) is 12.6. The van der Waals surface area contributed by atoms with Crippen molar-refractivity contribution in [1.29, 1.82) is 0 Å². The van der Waals surface area contributed by atoms with Gasteiger partial charge in [-0.25, -0.2) is 13.7 Å². The molecule has 3 heterocycles. The number of rotatable bonds is 5. The van der Waals surface area contributed by atoms with Crippen LogP contribution in [0.2, 0.25) is 0 Å². The Kier molecular flexibility index (Phi) is 6.85. The van der Waals surface area contributed by atoms with E-state index in [0.29, 0.717) is 13.2 Å². The molecule has 0 N–H and O–H groups in total. The van der Waals surface area contributed by atoms with Gasteiger partial charge in [0, 0.05) is 39.3 Å². The number of nitrogens with zero attached hydrogens (tertiary/aromatic N) is 3. The third kappa shape index (κ3) is 4.22. The summed E-state index contributed by atoms with van der Waals surface area (Å²) in [4.78, 5) is 2.33. The van der Waals surface area contributed by atoms with Crippen LogP contribution in [-0.4, -0.2) is 66.7 Å². The summed E-state index contributed by atoms with van der Waals surface area (Å²) < 4.78 is 38.9. The van der Waals surface area contributed by atoms with Crippen molar-refractivity contribution in [2.45, 2.75) is 44.3 Å². The van der Waals surface area contributed by atoms with Crippen LogP contribution >= 0.6 is 7.44 Å². The van der Waals surface area contributed by atoms with Gasteiger partial charge < -0.3 is 4.74 Å². The molecule has 1 atom stereocenters. The minimum absolute atomic E-state index is 0.215. The van der Waals surface area contributed by atoms with Crippen LogP contribution in [0.1, 0.15) is 49.9 Å². The van der Waals surface area contributed by atoms with Gasteiger partial charge in [-0.1, -0.05) is 25.0 Å². The average molecular weight is 409 g/mol. The summed E-state index contributed by atoms with van der Waals surface area (Å²) in [7, 11) is -2.87. The van der Waals surface area contributed by atoms with Crippen LogP contribution < -0.4 is 0 Å². The van der Waals surface area contributed by atoms with Gasteiger partial charge in [-0.2, -0.15) is 0 Å². The molecule has 0 bridgehead atoms. The van der Waals surface area contributed by atoms with E-state index in [9.17, 15) is 4.39 Å². The smallest absolute Gasteiger partial charge is 0.237 e. The second kappa shape index (κ2) is 9.36. The topological polar surface area (TPSA) is 36.0 Å². The number of piperidine rings is 2. The molecule has 0 radical (unpaired) electrons. The first kappa shape index (κ1) is 20.5. The highest BCUT2D eigenvalue weighted by Crippen LogP contribution is 2.66. The quantitative estimate of drug-likeness (QED) is 0.677. The normalized spacial score (nSPS) is 24.9. The highest BCUT2D eigenvalue weighted by Gasteiger charge is 2.48. The van der Waals surface area contributed by atoms with Crippen LogP contribution in [0.4, 0.5) is 4.39 Å². The van der Waals surface area contributed by atoms with E-state index in [1.54, 1.807) is 0 Å². The van der Waals surface area contributed by atoms with E-state index >= 15 is 4.57 Å². The minimum Gasteiger partial charge on any atom is -0.379 e. The van der Waals surface area contributed by atoms with Crippen molar-refractivity contribution in [2.24, 2.45) is 0 Å². The maximum Gasteiger partial charge on any atom is 0.237 e. The second-order valence-corrected chi connectivity index (χ2v) is 11.0. The standard InChI is InChI=1S/C21H33FN3O2P/c22-20-9-7-19(8-10-20)21(23-15-17-27-18-16-23)28(26,24-11-3-1-4-12-24)25-13-5-2-6-14-25/h7-10,21H,1-6,11-18H2/t21-/m1/s1. The van der Waals surface area contributed by atoms with Gasteiger partial charge in [-0.15, -0.1) is 0 Å². The van der Waals surface area contributed by atoms with Gasteiger partial charge in [0.1, 0.15) is 11.6 Å². The van der Waals surface area contributed by atoms with Gasteiger partial charge in [0.15, 0.2) is 0 Å². The summed E-state index contributed by atoms with van der Waals surface area (Å²) >= 11 is 0. The lowest BCUT2D eigenvalue weighted by Crippen LogP contribution is -2.46. The molecular weight excluding hydrogens is 376 g/mol. The molecule has 1 aromatic carbocycles. The molecular formula is C21H33FN3O2P. The number of morpholine rings is 1. The van der Waals surface area contributed by atoms with Crippen molar-refractivity contribution in [3.05, 3.63) is 35.6 Å². The fourth-order valence-corrected chi connectivity index (χ4v) is 8.80. The molecule has 3 saturated heterocycles. The van der Waals surface area contributed by atoms with Crippen LogP contribution in [0.5, 0.6) is 0 Å². The molecule has 5 nitrogen and oxygen atoms in total. The Labute approximate surface area is 168 Å². The Balaban J connectivity index is 1.76. The zero-order chi connectivity index (χ0) is 19.4. The largest absolute Gasteiger partial charge is 0.379 e. The van der Waals surface area contributed by atoms with E-state index in [4.69, 9.17) is 4.74 Å². The van der Waals surface area contributed by atoms with Gasteiger partial charge in [0.05, 0.1) is 13.2 Å².